The van der Waals surface area contributed by atoms with Crippen molar-refractivity contribution >= 4 is 29.3 Å². The van der Waals surface area contributed by atoms with Crippen molar-refractivity contribution in [2.24, 2.45) is 0 Å². The Hall–Kier alpha value is -3.76. The van der Waals surface area contributed by atoms with Gasteiger partial charge in [-0.2, -0.15) is 13.2 Å². The summed E-state index contributed by atoms with van der Waals surface area (Å²) in [5.74, 6) is -2.85. The van der Waals surface area contributed by atoms with Gasteiger partial charge in [0, 0.05) is 25.7 Å². The number of nitrogen functional groups attached to an aromatic ring is 1. The lowest BCUT2D eigenvalue weighted by atomic mass is 10.1. The van der Waals surface area contributed by atoms with Crippen molar-refractivity contribution < 1.29 is 37.1 Å². The van der Waals surface area contributed by atoms with E-state index in [9.17, 15) is 27.6 Å². The third-order valence-electron chi connectivity index (χ3n) is 4.25. The lowest BCUT2D eigenvalue weighted by molar-refractivity contribution is -0.200. The number of carbonyl (C=O) groups is 3. The summed E-state index contributed by atoms with van der Waals surface area (Å²) < 4.78 is 43.5. The first-order chi connectivity index (χ1) is 15.7. The first kappa shape index (κ1) is 26.5. The molecule has 2 amide bonds. The Labute approximate surface area is 195 Å². The highest BCUT2D eigenvalue weighted by atomic mass is 19.4. The molecule has 0 fully saturated rings. The van der Waals surface area contributed by atoms with Crippen LogP contribution in [0.25, 0.3) is 0 Å². The highest BCUT2D eigenvalue weighted by Gasteiger charge is 2.44. The number of halogens is 3. The topological polar surface area (TPSA) is 102 Å². The third-order valence-corrected chi connectivity index (χ3v) is 4.25. The fourth-order valence-corrected chi connectivity index (χ4v) is 2.83. The molecule has 2 aromatic rings. The van der Waals surface area contributed by atoms with Crippen molar-refractivity contribution in [3.05, 3.63) is 59.7 Å². The van der Waals surface area contributed by atoms with Crippen molar-refractivity contribution in [1.82, 2.24) is 4.90 Å². The zero-order valence-electron chi connectivity index (χ0n) is 19.2. The standard InChI is InChI=1S/C23H26F3N3O5/c1-15(30)28(13-16-7-5-9-18(27)11-16)14-17-8-6-10-19(12-17)29(21(32)33-22(2,3)4)34-20(31)23(24,25)26/h5-12H,13-14,27H2,1-4H3. The van der Waals surface area contributed by atoms with E-state index in [1.165, 1.54) is 50.8 Å². The number of amides is 2. The Morgan fingerprint density at radius 1 is 0.941 bits per heavy atom. The van der Waals surface area contributed by atoms with Crippen LogP contribution in [0.3, 0.4) is 0 Å². The van der Waals surface area contributed by atoms with Crippen molar-refractivity contribution in [3.63, 3.8) is 0 Å². The highest BCUT2D eigenvalue weighted by molar-refractivity contribution is 5.89. The fourth-order valence-electron chi connectivity index (χ4n) is 2.83. The normalized spacial score (nSPS) is 11.5. The number of hydrogen-bond donors (Lipinski definition) is 1. The number of ether oxygens (including phenoxy) is 1. The van der Waals surface area contributed by atoms with Gasteiger partial charge in [-0.05, 0) is 56.2 Å². The quantitative estimate of drug-likeness (QED) is 0.496. The molecule has 0 spiro atoms. The predicted octanol–water partition coefficient (Wildman–Crippen LogP) is 4.58. The van der Waals surface area contributed by atoms with Gasteiger partial charge in [0.15, 0.2) is 0 Å². The molecule has 0 atom stereocenters. The van der Waals surface area contributed by atoms with Gasteiger partial charge in [-0.25, -0.2) is 9.59 Å². The average molecular weight is 481 g/mol. The summed E-state index contributed by atoms with van der Waals surface area (Å²) in [5.41, 5.74) is 6.31. The first-order valence-electron chi connectivity index (χ1n) is 10.2. The van der Waals surface area contributed by atoms with Crippen LogP contribution in [0.4, 0.5) is 29.3 Å². The van der Waals surface area contributed by atoms with Gasteiger partial charge in [0.05, 0.1) is 5.69 Å². The number of anilines is 2. The molecule has 11 heteroatoms. The molecule has 8 nitrogen and oxygen atoms in total. The van der Waals surface area contributed by atoms with E-state index >= 15 is 0 Å². The van der Waals surface area contributed by atoms with Crippen molar-refractivity contribution in [1.29, 1.82) is 0 Å². The summed E-state index contributed by atoms with van der Waals surface area (Å²) in [6.07, 6.45) is -6.65. The second-order valence-corrected chi connectivity index (χ2v) is 8.44. The van der Waals surface area contributed by atoms with E-state index in [1.54, 1.807) is 30.3 Å². The highest BCUT2D eigenvalue weighted by Crippen LogP contribution is 2.25. The maximum absolute atomic E-state index is 12.8. The molecule has 2 aromatic carbocycles. The molecular weight excluding hydrogens is 455 g/mol. The minimum Gasteiger partial charge on any atom is -0.441 e. The number of carbonyl (C=O) groups excluding carboxylic acids is 3. The van der Waals surface area contributed by atoms with Crippen LogP contribution in [0.1, 0.15) is 38.8 Å². The number of hydroxylamine groups is 1. The average Bonchev–Trinajstić information content (AvgIpc) is 2.69. The molecule has 0 aromatic heterocycles. The Balaban J connectivity index is 2.33. The molecule has 0 aliphatic rings. The summed E-state index contributed by atoms with van der Waals surface area (Å²) in [6.45, 7) is 6.18. The molecule has 0 saturated carbocycles. The van der Waals surface area contributed by atoms with Crippen LogP contribution in [-0.2, 0) is 32.3 Å². The van der Waals surface area contributed by atoms with Gasteiger partial charge in [0.25, 0.3) is 0 Å². The molecule has 0 heterocycles. The number of alkyl halides is 3. The first-order valence-corrected chi connectivity index (χ1v) is 10.2. The lowest BCUT2D eigenvalue weighted by Gasteiger charge is -2.27. The van der Waals surface area contributed by atoms with Crippen LogP contribution in [0.15, 0.2) is 48.5 Å². The molecule has 0 bridgehead atoms. The summed E-state index contributed by atoms with van der Waals surface area (Å²) >= 11 is 0. The van der Waals surface area contributed by atoms with E-state index in [0.717, 1.165) is 5.56 Å². The molecule has 0 aliphatic carbocycles. The Morgan fingerprint density at radius 2 is 1.50 bits per heavy atom. The third kappa shape index (κ3) is 7.98. The summed E-state index contributed by atoms with van der Waals surface area (Å²) in [6, 6.07) is 12.6. The molecule has 0 saturated heterocycles. The number of rotatable bonds is 5. The van der Waals surface area contributed by atoms with Crippen LogP contribution >= 0.6 is 0 Å². The number of nitrogens with zero attached hydrogens (tertiary/aromatic N) is 2. The zero-order chi connectivity index (χ0) is 25.7. The molecule has 2 rings (SSSR count). The lowest BCUT2D eigenvalue weighted by Crippen LogP contribution is -2.41. The second kappa shape index (κ2) is 10.4. The SMILES string of the molecule is CC(=O)N(Cc1cccc(N)c1)Cc1cccc(N(OC(=O)C(F)(F)F)C(=O)OC(C)(C)C)c1. The Bertz CT molecular complexity index is 1050. The van der Waals surface area contributed by atoms with Crippen molar-refractivity contribution in [3.8, 4) is 0 Å². The van der Waals surface area contributed by atoms with Crippen LogP contribution in [0.5, 0.6) is 0 Å². The van der Waals surface area contributed by atoms with E-state index in [0.29, 0.717) is 11.3 Å². The predicted molar refractivity (Wildman–Crippen MR) is 118 cm³/mol. The largest absolute Gasteiger partial charge is 0.493 e. The molecule has 0 radical (unpaired) electrons. The van der Waals surface area contributed by atoms with Gasteiger partial charge in [-0.3, -0.25) is 4.79 Å². The molecule has 2 N–H and O–H groups in total. The van der Waals surface area contributed by atoms with Crippen LogP contribution in [0, 0.1) is 0 Å². The van der Waals surface area contributed by atoms with E-state index in [-0.39, 0.29) is 29.7 Å². The van der Waals surface area contributed by atoms with Crippen LogP contribution < -0.4 is 10.8 Å². The Kier molecular flexibility index (Phi) is 8.14. The van der Waals surface area contributed by atoms with Crippen LogP contribution in [0.2, 0.25) is 0 Å². The van der Waals surface area contributed by atoms with Crippen molar-refractivity contribution in [2.45, 2.75) is 52.6 Å². The second-order valence-electron chi connectivity index (χ2n) is 8.44. The van der Waals surface area contributed by atoms with Gasteiger partial charge in [-0.1, -0.05) is 24.3 Å². The molecule has 34 heavy (non-hydrogen) atoms. The number of nitrogens with two attached hydrogens (primary N) is 1. The minimum atomic E-state index is -5.33. The van der Waals surface area contributed by atoms with E-state index in [4.69, 9.17) is 10.5 Å². The molecule has 0 unspecified atom stereocenters. The van der Waals surface area contributed by atoms with E-state index < -0.39 is 23.8 Å². The van der Waals surface area contributed by atoms with Crippen molar-refractivity contribution in [2.75, 3.05) is 10.8 Å². The minimum absolute atomic E-state index is 0.0628. The van der Waals surface area contributed by atoms with Gasteiger partial charge < -0.3 is 20.2 Å². The number of benzene rings is 2. The monoisotopic (exact) mass is 481 g/mol. The van der Waals surface area contributed by atoms with Gasteiger partial charge in [0.2, 0.25) is 5.91 Å². The summed E-state index contributed by atoms with van der Waals surface area (Å²) in [7, 11) is 0. The zero-order valence-corrected chi connectivity index (χ0v) is 19.2. The summed E-state index contributed by atoms with van der Waals surface area (Å²) in [4.78, 5) is 42.0. The molecule has 184 valence electrons. The van der Waals surface area contributed by atoms with Crippen LogP contribution in [-0.4, -0.2) is 34.6 Å². The van der Waals surface area contributed by atoms with E-state index in [1.807, 2.05) is 0 Å². The van der Waals surface area contributed by atoms with Gasteiger partial charge >= 0.3 is 18.2 Å². The summed E-state index contributed by atoms with van der Waals surface area (Å²) in [5, 5.41) is 0.139. The molecular formula is C23H26F3N3O5. The van der Waals surface area contributed by atoms with Gasteiger partial charge in [0.1, 0.15) is 5.60 Å². The Morgan fingerprint density at radius 3 is 2.00 bits per heavy atom. The maximum atomic E-state index is 12.8. The van der Waals surface area contributed by atoms with Gasteiger partial charge in [-0.15, -0.1) is 5.06 Å². The fraction of sp³-hybridized carbons (Fsp3) is 0.348. The number of hydrogen-bond acceptors (Lipinski definition) is 6. The smallest absolute Gasteiger partial charge is 0.441 e. The molecule has 0 aliphatic heterocycles. The van der Waals surface area contributed by atoms with E-state index in [2.05, 4.69) is 4.84 Å². The maximum Gasteiger partial charge on any atom is 0.493 e.